The Morgan fingerprint density at radius 2 is 1.59 bits per heavy atom. The van der Waals surface area contributed by atoms with E-state index in [-0.39, 0.29) is 40.5 Å². The van der Waals surface area contributed by atoms with Crippen molar-refractivity contribution in [2.24, 2.45) is 17.8 Å². The number of benzene rings is 1. The molecule has 0 aliphatic heterocycles. The Kier molecular flexibility index (Phi) is 8.71. The number of carbonyl (C=O) groups excluding carboxylic acids is 2. The van der Waals surface area contributed by atoms with Gasteiger partial charge in [-0.05, 0) is 62.5 Å². The number of amides is 2. The van der Waals surface area contributed by atoms with Gasteiger partial charge in [-0.2, -0.15) is 0 Å². The van der Waals surface area contributed by atoms with Crippen LogP contribution in [0, 0.1) is 17.8 Å². The Bertz CT molecular complexity index is 858. The molecule has 2 saturated carbocycles. The molecule has 0 heterocycles. The van der Waals surface area contributed by atoms with Crippen molar-refractivity contribution >= 4 is 21.8 Å². The van der Waals surface area contributed by atoms with Crippen LogP contribution in [0.5, 0.6) is 0 Å². The number of hydrogen-bond acceptors (Lipinski definition) is 4. The fourth-order valence-electron chi connectivity index (χ4n) is 4.71. The summed E-state index contributed by atoms with van der Waals surface area (Å²) in [6, 6.07) is 8.07. The van der Waals surface area contributed by atoms with Crippen LogP contribution >= 0.6 is 0 Å². The Morgan fingerprint density at radius 3 is 2.19 bits per heavy atom. The van der Waals surface area contributed by atoms with Gasteiger partial charge in [-0.1, -0.05) is 44.9 Å². The van der Waals surface area contributed by atoms with Crippen LogP contribution < -0.4 is 15.4 Å². The Labute approximate surface area is 192 Å². The van der Waals surface area contributed by atoms with E-state index in [0.29, 0.717) is 19.4 Å². The standard InChI is InChI=1S/C24H37N3O4S/c1-17(2)22(24(29)26-20-8-6-7-9-20)27-23(28)19-14-12-18(13-15-19)16-25-32(30,31)21-10-4-3-5-11-21/h3-5,10-11,17-20,22,25H,6-9,12-16H2,1-2H3,(H,26,29)(H,27,28)/t18?,19?,22-/m0/s1. The maximum absolute atomic E-state index is 12.9. The maximum Gasteiger partial charge on any atom is 0.243 e. The van der Waals surface area contributed by atoms with Crippen LogP contribution in [-0.4, -0.2) is 38.9 Å². The minimum atomic E-state index is -3.51. The van der Waals surface area contributed by atoms with Crippen molar-refractivity contribution in [2.75, 3.05) is 6.54 Å². The lowest BCUT2D eigenvalue weighted by molar-refractivity contribution is -0.133. The molecule has 32 heavy (non-hydrogen) atoms. The van der Waals surface area contributed by atoms with E-state index in [1.807, 2.05) is 13.8 Å². The predicted octanol–water partition coefficient (Wildman–Crippen LogP) is 2.97. The SMILES string of the molecule is CC(C)[C@H](NC(=O)C1CCC(CNS(=O)(=O)c2ccccc2)CC1)C(=O)NC1CCCC1. The van der Waals surface area contributed by atoms with Gasteiger partial charge in [-0.25, -0.2) is 13.1 Å². The lowest BCUT2D eigenvalue weighted by atomic mass is 9.81. The van der Waals surface area contributed by atoms with Crippen molar-refractivity contribution in [1.29, 1.82) is 0 Å². The summed E-state index contributed by atoms with van der Waals surface area (Å²) >= 11 is 0. The van der Waals surface area contributed by atoms with Gasteiger partial charge in [0, 0.05) is 18.5 Å². The lowest BCUT2D eigenvalue weighted by Crippen LogP contribution is -2.53. The molecule has 1 aromatic rings. The number of rotatable bonds is 9. The molecule has 1 aromatic carbocycles. The summed E-state index contributed by atoms with van der Waals surface area (Å²) in [5.41, 5.74) is 0. The van der Waals surface area contributed by atoms with Crippen LogP contribution in [0.1, 0.15) is 65.2 Å². The summed E-state index contributed by atoms with van der Waals surface area (Å²) in [6.07, 6.45) is 7.32. The fraction of sp³-hybridized carbons (Fsp3) is 0.667. The maximum atomic E-state index is 12.9. The molecule has 1 atom stereocenters. The predicted molar refractivity (Wildman–Crippen MR) is 124 cm³/mol. The molecule has 2 fully saturated rings. The molecule has 3 rings (SSSR count). The first-order valence-corrected chi connectivity index (χ1v) is 13.4. The van der Waals surface area contributed by atoms with Crippen LogP contribution in [0.4, 0.5) is 0 Å². The second-order valence-corrected chi connectivity index (χ2v) is 11.4. The highest BCUT2D eigenvalue weighted by atomic mass is 32.2. The zero-order chi connectivity index (χ0) is 23.1. The van der Waals surface area contributed by atoms with E-state index in [0.717, 1.165) is 38.5 Å². The van der Waals surface area contributed by atoms with Crippen molar-refractivity contribution in [3.8, 4) is 0 Å². The van der Waals surface area contributed by atoms with E-state index in [4.69, 9.17) is 0 Å². The van der Waals surface area contributed by atoms with Gasteiger partial charge in [0.1, 0.15) is 6.04 Å². The Balaban J connectivity index is 1.45. The lowest BCUT2D eigenvalue weighted by Gasteiger charge is -2.30. The van der Waals surface area contributed by atoms with Crippen LogP contribution in [0.3, 0.4) is 0 Å². The van der Waals surface area contributed by atoms with Crippen LogP contribution in [-0.2, 0) is 19.6 Å². The molecular weight excluding hydrogens is 426 g/mol. The average molecular weight is 464 g/mol. The molecular formula is C24H37N3O4S. The zero-order valence-electron chi connectivity index (χ0n) is 19.2. The van der Waals surface area contributed by atoms with Gasteiger partial charge in [-0.3, -0.25) is 9.59 Å². The molecule has 2 aliphatic carbocycles. The van der Waals surface area contributed by atoms with Crippen molar-refractivity contribution < 1.29 is 18.0 Å². The van der Waals surface area contributed by atoms with Gasteiger partial charge in [0.25, 0.3) is 0 Å². The highest BCUT2D eigenvalue weighted by Gasteiger charge is 2.32. The summed E-state index contributed by atoms with van der Waals surface area (Å²) in [7, 11) is -3.51. The van der Waals surface area contributed by atoms with E-state index in [2.05, 4.69) is 15.4 Å². The number of hydrogen-bond donors (Lipinski definition) is 3. The summed E-state index contributed by atoms with van der Waals surface area (Å²) in [6.45, 7) is 4.29. The highest BCUT2D eigenvalue weighted by Crippen LogP contribution is 2.29. The highest BCUT2D eigenvalue weighted by molar-refractivity contribution is 7.89. The van der Waals surface area contributed by atoms with Crippen molar-refractivity contribution in [2.45, 2.75) is 82.2 Å². The van der Waals surface area contributed by atoms with Gasteiger partial charge in [-0.15, -0.1) is 0 Å². The molecule has 8 heteroatoms. The quantitative estimate of drug-likeness (QED) is 0.524. The van der Waals surface area contributed by atoms with Crippen LogP contribution in [0.2, 0.25) is 0 Å². The van der Waals surface area contributed by atoms with Gasteiger partial charge < -0.3 is 10.6 Å². The summed E-state index contributed by atoms with van der Waals surface area (Å²) in [5.74, 6) is -0.0384. The smallest absolute Gasteiger partial charge is 0.243 e. The summed E-state index contributed by atoms with van der Waals surface area (Å²) in [4.78, 5) is 25.8. The van der Waals surface area contributed by atoms with Crippen molar-refractivity contribution in [3.63, 3.8) is 0 Å². The third kappa shape index (κ3) is 6.78. The molecule has 0 bridgehead atoms. The van der Waals surface area contributed by atoms with E-state index >= 15 is 0 Å². The topological polar surface area (TPSA) is 104 Å². The van der Waals surface area contributed by atoms with E-state index < -0.39 is 16.1 Å². The molecule has 0 saturated heterocycles. The molecule has 178 valence electrons. The molecule has 2 aliphatic rings. The molecule has 0 radical (unpaired) electrons. The van der Waals surface area contributed by atoms with Gasteiger partial charge in [0.15, 0.2) is 0 Å². The molecule has 0 spiro atoms. The number of sulfonamides is 1. The van der Waals surface area contributed by atoms with E-state index in [1.165, 1.54) is 0 Å². The average Bonchev–Trinajstić information content (AvgIpc) is 3.29. The van der Waals surface area contributed by atoms with Gasteiger partial charge in [0.2, 0.25) is 21.8 Å². The largest absolute Gasteiger partial charge is 0.352 e. The summed E-state index contributed by atoms with van der Waals surface area (Å²) in [5, 5.41) is 6.09. The third-order valence-corrected chi connectivity index (χ3v) is 8.22. The minimum absolute atomic E-state index is 0.0177. The minimum Gasteiger partial charge on any atom is -0.352 e. The van der Waals surface area contributed by atoms with Crippen LogP contribution in [0.25, 0.3) is 0 Å². The second kappa shape index (κ2) is 11.3. The summed E-state index contributed by atoms with van der Waals surface area (Å²) < 4.78 is 27.5. The molecule has 3 N–H and O–H groups in total. The van der Waals surface area contributed by atoms with E-state index in [1.54, 1.807) is 30.3 Å². The van der Waals surface area contributed by atoms with Crippen LogP contribution in [0.15, 0.2) is 35.2 Å². The first-order valence-electron chi connectivity index (χ1n) is 11.9. The van der Waals surface area contributed by atoms with Crippen molar-refractivity contribution in [1.82, 2.24) is 15.4 Å². The molecule has 7 nitrogen and oxygen atoms in total. The monoisotopic (exact) mass is 463 g/mol. The fourth-order valence-corrected chi connectivity index (χ4v) is 5.84. The first-order chi connectivity index (χ1) is 15.3. The van der Waals surface area contributed by atoms with Crippen molar-refractivity contribution in [3.05, 3.63) is 30.3 Å². The first kappa shape index (κ1) is 24.7. The third-order valence-electron chi connectivity index (χ3n) is 6.78. The Hall–Kier alpha value is -1.93. The second-order valence-electron chi connectivity index (χ2n) is 9.60. The van der Waals surface area contributed by atoms with E-state index in [9.17, 15) is 18.0 Å². The molecule has 2 amide bonds. The van der Waals surface area contributed by atoms with Gasteiger partial charge >= 0.3 is 0 Å². The zero-order valence-corrected chi connectivity index (χ0v) is 20.0. The number of nitrogens with one attached hydrogen (secondary N) is 3. The van der Waals surface area contributed by atoms with Gasteiger partial charge in [0.05, 0.1) is 4.90 Å². The number of carbonyl (C=O) groups is 2. The Morgan fingerprint density at radius 1 is 0.969 bits per heavy atom. The molecule has 0 unspecified atom stereocenters. The normalized spacial score (nSPS) is 23.1. The molecule has 0 aromatic heterocycles.